The van der Waals surface area contributed by atoms with Crippen molar-refractivity contribution in [3.05, 3.63) is 29.8 Å². The maximum atomic E-state index is 11.5. The second-order valence-corrected chi connectivity index (χ2v) is 8.64. The molecule has 2 N–H and O–H groups in total. The second-order valence-electron chi connectivity index (χ2n) is 8.64. The summed E-state index contributed by atoms with van der Waals surface area (Å²) in [7, 11) is -0.323. The third-order valence-electron chi connectivity index (χ3n) is 5.33. The molecule has 154 valence electrons. The molecule has 0 bridgehead atoms. The summed E-state index contributed by atoms with van der Waals surface area (Å²) < 4.78 is 16.9. The molecule has 28 heavy (non-hydrogen) atoms. The lowest BCUT2D eigenvalue weighted by Gasteiger charge is -2.33. The number of esters is 1. The van der Waals surface area contributed by atoms with E-state index in [-0.39, 0.29) is 37.4 Å². The van der Waals surface area contributed by atoms with Gasteiger partial charge in [0.05, 0.1) is 6.61 Å². The Balaban J connectivity index is 1.99. The van der Waals surface area contributed by atoms with E-state index >= 15 is 0 Å². The number of benzene rings is 1. The number of aryl methyl sites for hydroxylation is 1. The van der Waals surface area contributed by atoms with Crippen LogP contribution in [0.2, 0.25) is 0 Å². The molecular formula is C21H32BNO5. The molecule has 1 fully saturated rings. The molecule has 1 heterocycles. The summed E-state index contributed by atoms with van der Waals surface area (Å²) in [4.78, 5) is 22.8. The maximum Gasteiger partial charge on any atom is 0.493 e. The highest BCUT2D eigenvalue weighted by Gasteiger charge is 2.34. The summed E-state index contributed by atoms with van der Waals surface area (Å²) in [6, 6.07) is 8.15. The average molecular weight is 389 g/mol. The Morgan fingerprint density at radius 2 is 1.82 bits per heavy atom. The standard InChI is InChI=1S/C21H32BNO5/c1-5-21(12-19(23)25,15-26-16(2)24)11-10-17-6-8-18(9-7-17)22-27-13-20(3,4)14-28-22/h6-9H,5,10-15H2,1-4H3,(H2,23,25). The molecule has 1 aromatic carbocycles. The first-order valence-corrected chi connectivity index (χ1v) is 9.88. The summed E-state index contributed by atoms with van der Waals surface area (Å²) in [5.74, 6) is -0.721. The number of primary amides is 1. The molecule has 1 amide bonds. The zero-order valence-electron chi connectivity index (χ0n) is 17.5. The van der Waals surface area contributed by atoms with E-state index in [1.54, 1.807) is 0 Å². The zero-order valence-corrected chi connectivity index (χ0v) is 17.5. The van der Waals surface area contributed by atoms with Crippen molar-refractivity contribution in [3.63, 3.8) is 0 Å². The van der Waals surface area contributed by atoms with Gasteiger partial charge in [0, 0.05) is 37.4 Å². The molecule has 1 aromatic rings. The van der Waals surface area contributed by atoms with Gasteiger partial charge in [0.15, 0.2) is 0 Å². The highest BCUT2D eigenvalue weighted by Crippen LogP contribution is 2.33. The number of rotatable bonds is 9. The lowest BCUT2D eigenvalue weighted by Crippen LogP contribution is -2.47. The molecule has 1 atom stereocenters. The molecule has 0 spiro atoms. The molecule has 0 radical (unpaired) electrons. The fourth-order valence-electron chi connectivity index (χ4n) is 3.38. The minimum absolute atomic E-state index is 0.0439. The minimum atomic E-state index is -0.433. The van der Waals surface area contributed by atoms with Crippen molar-refractivity contribution in [3.8, 4) is 0 Å². The Bertz CT molecular complexity index is 666. The van der Waals surface area contributed by atoms with Gasteiger partial charge < -0.3 is 19.8 Å². The van der Waals surface area contributed by atoms with Crippen LogP contribution in [-0.2, 0) is 30.1 Å². The third-order valence-corrected chi connectivity index (χ3v) is 5.33. The number of carbonyl (C=O) groups excluding carboxylic acids is 2. The fraction of sp³-hybridized carbons (Fsp3) is 0.619. The molecule has 1 unspecified atom stereocenters. The molecule has 7 heteroatoms. The van der Waals surface area contributed by atoms with Gasteiger partial charge in [0.2, 0.25) is 5.91 Å². The highest BCUT2D eigenvalue weighted by molar-refractivity contribution is 6.61. The Morgan fingerprint density at radius 3 is 2.32 bits per heavy atom. The van der Waals surface area contributed by atoms with Crippen LogP contribution in [0.25, 0.3) is 0 Å². The van der Waals surface area contributed by atoms with Crippen molar-refractivity contribution in [2.45, 2.75) is 53.4 Å². The van der Waals surface area contributed by atoms with E-state index in [9.17, 15) is 9.59 Å². The summed E-state index contributed by atoms with van der Waals surface area (Å²) >= 11 is 0. The highest BCUT2D eigenvalue weighted by atomic mass is 16.6. The van der Waals surface area contributed by atoms with Crippen LogP contribution < -0.4 is 11.2 Å². The smallest absolute Gasteiger partial charge is 0.465 e. The lowest BCUT2D eigenvalue weighted by atomic mass is 9.75. The Hall–Kier alpha value is -1.86. The van der Waals surface area contributed by atoms with Crippen molar-refractivity contribution < 1.29 is 23.6 Å². The van der Waals surface area contributed by atoms with Gasteiger partial charge in [-0.25, -0.2) is 0 Å². The van der Waals surface area contributed by atoms with E-state index in [1.807, 2.05) is 19.1 Å². The number of hydrogen-bond acceptors (Lipinski definition) is 5. The van der Waals surface area contributed by atoms with Crippen molar-refractivity contribution in [2.75, 3.05) is 19.8 Å². The molecular weight excluding hydrogens is 357 g/mol. The molecule has 1 aliphatic rings. The zero-order chi connectivity index (χ0) is 20.8. The van der Waals surface area contributed by atoms with Crippen molar-refractivity contribution in [1.29, 1.82) is 0 Å². The number of amides is 1. The number of ether oxygens (including phenoxy) is 1. The monoisotopic (exact) mass is 389 g/mol. The topological polar surface area (TPSA) is 87.8 Å². The van der Waals surface area contributed by atoms with E-state index in [0.29, 0.717) is 26.1 Å². The van der Waals surface area contributed by atoms with Gasteiger partial charge >= 0.3 is 13.1 Å². The van der Waals surface area contributed by atoms with Crippen LogP contribution >= 0.6 is 0 Å². The van der Waals surface area contributed by atoms with Gasteiger partial charge in [-0.3, -0.25) is 9.59 Å². The van der Waals surface area contributed by atoms with Crippen molar-refractivity contribution in [1.82, 2.24) is 0 Å². The first kappa shape index (κ1) is 22.4. The van der Waals surface area contributed by atoms with Gasteiger partial charge in [-0.15, -0.1) is 0 Å². The number of hydrogen-bond donors (Lipinski definition) is 1. The summed E-state index contributed by atoms with van der Waals surface area (Å²) in [6.07, 6.45) is 2.39. The quantitative estimate of drug-likeness (QED) is 0.517. The van der Waals surface area contributed by atoms with Crippen LogP contribution in [0.5, 0.6) is 0 Å². The molecule has 1 aliphatic heterocycles. The predicted octanol–water partition coefficient (Wildman–Crippen LogP) is 2.22. The molecule has 1 saturated heterocycles. The second kappa shape index (κ2) is 9.57. The first-order valence-electron chi connectivity index (χ1n) is 9.88. The minimum Gasteiger partial charge on any atom is -0.465 e. The van der Waals surface area contributed by atoms with E-state index in [2.05, 4.69) is 26.0 Å². The first-order chi connectivity index (χ1) is 13.1. The van der Waals surface area contributed by atoms with Gasteiger partial charge in [-0.2, -0.15) is 0 Å². The van der Waals surface area contributed by atoms with E-state index in [4.69, 9.17) is 19.8 Å². The molecule has 0 saturated carbocycles. The van der Waals surface area contributed by atoms with E-state index in [0.717, 1.165) is 17.4 Å². The summed E-state index contributed by atoms with van der Waals surface area (Å²) in [5.41, 5.74) is 7.20. The third kappa shape index (κ3) is 6.64. The van der Waals surface area contributed by atoms with Crippen molar-refractivity contribution in [2.24, 2.45) is 16.6 Å². The van der Waals surface area contributed by atoms with Gasteiger partial charge in [0.1, 0.15) is 0 Å². The average Bonchev–Trinajstić information content (AvgIpc) is 2.64. The van der Waals surface area contributed by atoms with Gasteiger partial charge in [0.25, 0.3) is 0 Å². The fourth-order valence-corrected chi connectivity index (χ4v) is 3.38. The summed E-state index contributed by atoms with van der Waals surface area (Å²) in [6.45, 7) is 9.15. The number of carbonyl (C=O) groups is 2. The predicted molar refractivity (Wildman–Crippen MR) is 109 cm³/mol. The lowest BCUT2D eigenvalue weighted by molar-refractivity contribution is -0.146. The van der Waals surface area contributed by atoms with Gasteiger partial charge in [-0.1, -0.05) is 45.0 Å². The summed E-state index contributed by atoms with van der Waals surface area (Å²) in [5, 5.41) is 0. The molecule has 6 nitrogen and oxygen atoms in total. The largest absolute Gasteiger partial charge is 0.493 e. The van der Waals surface area contributed by atoms with Crippen LogP contribution in [0, 0.1) is 10.8 Å². The van der Waals surface area contributed by atoms with Crippen LogP contribution in [0.1, 0.15) is 52.5 Å². The Morgan fingerprint density at radius 1 is 1.21 bits per heavy atom. The SMILES string of the molecule is CCC(CCc1ccc(B2OCC(C)(C)CO2)cc1)(COC(C)=O)CC(N)=O. The Labute approximate surface area is 168 Å². The van der Waals surface area contributed by atoms with Crippen molar-refractivity contribution >= 4 is 24.5 Å². The normalized spacial score (nSPS) is 18.4. The Kier molecular flexibility index (Phi) is 7.66. The van der Waals surface area contributed by atoms with Crippen LogP contribution in [0.3, 0.4) is 0 Å². The molecule has 0 aliphatic carbocycles. The van der Waals surface area contributed by atoms with Crippen LogP contribution in [-0.4, -0.2) is 38.8 Å². The van der Waals surface area contributed by atoms with E-state index in [1.165, 1.54) is 6.92 Å². The van der Waals surface area contributed by atoms with Crippen LogP contribution in [0.4, 0.5) is 0 Å². The van der Waals surface area contributed by atoms with E-state index < -0.39 is 5.41 Å². The number of nitrogens with two attached hydrogens (primary N) is 1. The molecule has 2 rings (SSSR count). The van der Waals surface area contributed by atoms with Gasteiger partial charge in [-0.05, 0) is 30.3 Å². The molecule has 0 aromatic heterocycles. The van der Waals surface area contributed by atoms with Crippen LogP contribution in [0.15, 0.2) is 24.3 Å². The maximum absolute atomic E-state index is 11.5.